The molecule has 2 aromatic carbocycles. The second-order valence-corrected chi connectivity index (χ2v) is 6.86. The normalized spacial score (nSPS) is 12.1. The standard InChI is InChI=1S/C10H10N2O6S2.K.H/c11-17-19(13,14)8-5-7-3-1-2-4-9(7)10(6-8)20(15,16)18-12;;/h1-6H,11-12H2;;. The number of nitrogens with two attached hydrogens (primary N) is 2. The molecule has 110 valence electrons. The molecule has 2 aromatic rings. The van der Waals surface area contributed by atoms with Crippen molar-refractivity contribution < 1.29 is 25.4 Å². The summed E-state index contributed by atoms with van der Waals surface area (Å²) in [4.78, 5) is -0.817. The van der Waals surface area contributed by atoms with E-state index in [2.05, 4.69) is 14.5 Å². The van der Waals surface area contributed by atoms with Gasteiger partial charge in [0.05, 0.1) is 4.90 Å². The summed E-state index contributed by atoms with van der Waals surface area (Å²) in [5.74, 6) is 9.41. The third-order valence-electron chi connectivity index (χ3n) is 2.61. The summed E-state index contributed by atoms with van der Waals surface area (Å²) in [6.45, 7) is 0. The molecule has 21 heavy (non-hydrogen) atoms. The Hall–Kier alpha value is 0.0764. The Morgan fingerprint density at radius 1 is 0.857 bits per heavy atom. The van der Waals surface area contributed by atoms with E-state index in [-0.39, 0.29) is 56.8 Å². The monoisotopic (exact) mass is 358 g/mol. The van der Waals surface area contributed by atoms with E-state index >= 15 is 0 Å². The number of hydrogen-bond acceptors (Lipinski definition) is 8. The van der Waals surface area contributed by atoms with Gasteiger partial charge < -0.3 is 0 Å². The van der Waals surface area contributed by atoms with E-state index in [0.717, 1.165) is 6.07 Å². The van der Waals surface area contributed by atoms with E-state index < -0.39 is 30.0 Å². The average Bonchev–Trinajstić information content (AvgIpc) is 2.45. The fourth-order valence-corrected chi connectivity index (χ4v) is 3.26. The van der Waals surface area contributed by atoms with Gasteiger partial charge in [-0.2, -0.15) is 37.2 Å². The first-order chi connectivity index (χ1) is 9.31. The Labute approximate surface area is 164 Å². The molecule has 0 saturated carbocycles. The first kappa shape index (κ1) is 19.1. The van der Waals surface area contributed by atoms with Gasteiger partial charge in [-0.1, -0.05) is 24.3 Å². The van der Waals surface area contributed by atoms with Gasteiger partial charge in [-0.3, -0.25) is 0 Å². The molecule has 0 aliphatic rings. The van der Waals surface area contributed by atoms with Crippen LogP contribution in [0, 0.1) is 0 Å². The van der Waals surface area contributed by atoms with Crippen LogP contribution in [0.1, 0.15) is 0 Å². The van der Waals surface area contributed by atoms with Gasteiger partial charge in [0.15, 0.2) is 0 Å². The summed E-state index contributed by atoms with van der Waals surface area (Å²) in [5.41, 5.74) is 0. The molecular formula is C10H11KN2O6S2. The van der Waals surface area contributed by atoms with Gasteiger partial charge >= 0.3 is 71.6 Å². The molecule has 0 amide bonds. The molecule has 0 atom stereocenters. The summed E-state index contributed by atoms with van der Waals surface area (Å²) in [6.07, 6.45) is 0. The second-order valence-electron chi connectivity index (χ2n) is 3.74. The van der Waals surface area contributed by atoms with Crippen molar-refractivity contribution in [3.63, 3.8) is 0 Å². The first-order valence-corrected chi connectivity index (χ1v) is 7.93. The molecule has 0 aliphatic carbocycles. The maximum absolute atomic E-state index is 11.8. The maximum atomic E-state index is 11.8. The Balaban J connectivity index is 0.00000220. The average molecular weight is 358 g/mol. The molecule has 4 N–H and O–H groups in total. The van der Waals surface area contributed by atoms with E-state index in [4.69, 9.17) is 5.90 Å². The molecule has 0 aliphatic heterocycles. The summed E-state index contributed by atoms with van der Waals surface area (Å²) in [5, 5.41) is 0.607. The number of fused-ring (bicyclic) bond motifs is 1. The van der Waals surface area contributed by atoms with Gasteiger partial charge in [0.1, 0.15) is 4.90 Å². The van der Waals surface area contributed by atoms with E-state index in [1.807, 2.05) is 0 Å². The molecule has 0 bridgehead atoms. The zero-order valence-corrected chi connectivity index (χ0v) is 11.5. The SMILES string of the molecule is NOS(=O)(=O)c1cc(S(=O)(=O)ON)c2ccccc2c1.[KH]. The number of benzene rings is 2. The van der Waals surface area contributed by atoms with Crippen molar-refractivity contribution in [3.8, 4) is 0 Å². The minimum absolute atomic E-state index is 0. The number of hydrogen-bond donors (Lipinski definition) is 2. The molecule has 0 heterocycles. The fourth-order valence-electron chi connectivity index (χ4n) is 1.71. The Morgan fingerprint density at radius 2 is 1.43 bits per heavy atom. The predicted octanol–water partition coefficient (Wildman–Crippen LogP) is -0.651. The first-order valence-electron chi connectivity index (χ1n) is 5.11. The fraction of sp³-hybridized carbons (Fsp3) is 0. The molecule has 0 aromatic heterocycles. The van der Waals surface area contributed by atoms with Crippen LogP contribution < -0.4 is 11.8 Å². The Morgan fingerprint density at radius 3 is 2.00 bits per heavy atom. The van der Waals surface area contributed by atoms with Crippen molar-refractivity contribution in [2.24, 2.45) is 11.8 Å². The van der Waals surface area contributed by atoms with Crippen LogP contribution in [0.4, 0.5) is 0 Å². The summed E-state index contributed by atoms with van der Waals surface area (Å²) >= 11 is 0. The predicted molar refractivity (Wildman–Crippen MR) is 76.0 cm³/mol. The minimum atomic E-state index is -4.30. The number of rotatable bonds is 4. The molecule has 0 spiro atoms. The summed E-state index contributed by atoms with van der Waals surface area (Å²) in [7, 11) is -8.56. The van der Waals surface area contributed by atoms with Crippen LogP contribution in [0.2, 0.25) is 0 Å². The Kier molecular flexibility index (Phi) is 6.47. The van der Waals surface area contributed by atoms with Crippen molar-refractivity contribution in [2.45, 2.75) is 9.79 Å². The third kappa shape index (κ3) is 3.89. The molecule has 0 unspecified atom stereocenters. The van der Waals surface area contributed by atoms with E-state index in [0.29, 0.717) is 5.39 Å². The molecule has 0 fully saturated rings. The zero-order chi connectivity index (χ0) is 15.0. The molecule has 0 radical (unpaired) electrons. The van der Waals surface area contributed by atoms with Crippen LogP contribution >= 0.6 is 0 Å². The summed E-state index contributed by atoms with van der Waals surface area (Å²) < 4.78 is 54.6. The van der Waals surface area contributed by atoms with E-state index in [1.54, 1.807) is 12.1 Å². The zero-order valence-electron chi connectivity index (χ0n) is 9.88. The molecule has 2 rings (SSSR count). The topological polar surface area (TPSA) is 139 Å². The van der Waals surface area contributed by atoms with Crippen LogP contribution in [-0.2, 0) is 28.8 Å². The van der Waals surface area contributed by atoms with Crippen LogP contribution in [0.5, 0.6) is 0 Å². The quantitative estimate of drug-likeness (QED) is 0.543. The van der Waals surface area contributed by atoms with Gasteiger partial charge in [0.2, 0.25) is 0 Å². The summed E-state index contributed by atoms with van der Waals surface area (Å²) in [6, 6.07) is 8.31. The van der Waals surface area contributed by atoms with Gasteiger partial charge in [0.25, 0.3) is 0 Å². The van der Waals surface area contributed by atoms with Crippen LogP contribution in [0.25, 0.3) is 10.8 Å². The van der Waals surface area contributed by atoms with E-state index in [1.165, 1.54) is 18.2 Å². The molecule has 0 saturated heterocycles. The van der Waals surface area contributed by atoms with Gasteiger partial charge in [0, 0.05) is 5.39 Å². The van der Waals surface area contributed by atoms with Crippen LogP contribution in [0.3, 0.4) is 0 Å². The van der Waals surface area contributed by atoms with Crippen LogP contribution in [-0.4, -0.2) is 68.2 Å². The van der Waals surface area contributed by atoms with Crippen molar-refractivity contribution in [1.82, 2.24) is 0 Å². The van der Waals surface area contributed by atoms with Gasteiger partial charge in [-0.05, 0) is 17.5 Å². The Bertz CT molecular complexity index is 866. The van der Waals surface area contributed by atoms with Crippen molar-refractivity contribution in [3.05, 3.63) is 36.4 Å². The molecular weight excluding hydrogens is 347 g/mol. The molecule has 11 heteroatoms. The van der Waals surface area contributed by atoms with E-state index in [9.17, 15) is 16.8 Å². The van der Waals surface area contributed by atoms with Crippen molar-refractivity contribution in [2.75, 3.05) is 0 Å². The second kappa shape index (κ2) is 7.10. The third-order valence-corrected chi connectivity index (χ3v) is 4.80. The van der Waals surface area contributed by atoms with Crippen molar-refractivity contribution >= 4 is 82.4 Å². The molecule has 8 nitrogen and oxygen atoms in total. The van der Waals surface area contributed by atoms with Crippen LogP contribution in [0.15, 0.2) is 46.2 Å². The van der Waals surface area contributed by atoms with Gasteiger partial charge in [-0.25, -0.2) is 0 Å². The van der Waals surface area contributed by atoms with Gasteiger partial charge in [-0.15, -0.1) is 0 Å². The van der Waals surface area contributed by atoms with Crippen molar-refractivity contribution in [1.29, 1.82) is 0 Å².